The van der Waals surface area contributed by atoms with Crippen LogP contribution in [0.1, 0.15) is 31.2 Å². The Balaban J connectivity index is 1.51. The zero-order valence-electron chi connectivity index (χ0n) is 15.5. The molecule has 1 N–H and O–H groups in total. The molecule has 8 heteroatoms. The highest BCUT2D eigenvalue weighted by Gasteiger charge is 2.13. The van der Waals surface area contributed by atoms with Gasteiger partial charge in [-0.05, 0) is 41.8 Å². The molecule has 0 atom stereocenters. The molecule has 0 aliphatic rings. The molecule has 0 aliphatic carbocycles. The molecule has 0 saturated heterocycles. The molecule has 0 spiro atoms. The first-order valence-electron chi connectivity index (χ1n) is 8.73. The van der Waals surface area contributed by atoms with Crippen LogP contribution in [0, 0.1) is 0 Å². The zero-order valence-corrected chi connectivity index (χ0v) is 17.9. The summed E-state index contributed by atoms with van der Waals surface area (Å²) in [6, 6.07) is 15.2. The van der Waals surface area contributed by atoms with E-state index in [4.69, 9.17) is 9.15 Å². The molecule has 0 saturated carbocycles. The number of thioether (sulfide) groups is 1. The van der Waals surface area contributed by atoms with Crippen LogP contribution in [0.3, 0.4) is 0 Å². The number of carbonyl (C=O) groups excluding carboxylic acids is 1. The number of nitrogens with one attached hydrogen (secondary N) is 1. The van der Waals surface area contributed by atoms with Crippen LogP contribution in [-0.4, -0.2) is 21.9 Å². The van der Waals surface area contributed by atoms with Gasteiger partial charge in [0.25, 0.3) is 11.1 Å². The second-order valence-electron chi connectivity index (χ2n) is 6.29. The van der Waals surface area contributed by atoms with Gasteiger partial charge in [-0.1, -0.05) is 59.7 Å². The van der Waals surface area contributed by atoms with Crippen molar-refractivity contribution in [2.24, 2.45) is 0 Å². The Morgan fingerprint density at radius 2 is 2.00 bits per heavy atom. The van der Waals surface area contributed by atoms with E-state index in [1.165, 1.54) is 11.8 Å². The van der Waals surface area contributed by atoms with Crippen molar-refractivity contribution in [2.45, 2.75) is 31.6 Å². The molecule has 1 amide bonds. The smallest absolute Gasteiger partial charge is 0.277 e. The lowest BCUT2D eigenvalue weighted by Gasteiger charge is -2.14. The van der Waals surface area contributed by atoms with Crippen LogP contribution in [-0.2, 0) is 11.4 Å². The SMILES string of the molecule is CC(C)c1cc(Br)ccc1NC(=O)CSc1nnc(COc2ccccc2)o1. The molecule has 3 rings (SSSR count). The maximum absolute atomic E-state index is 12.3. The van der Waals surface area contributed by atoms with Gasteiger partial charge in [0, 0.05) is 10.2 Å². The molecule has 0 bridgehead atoms. The summed E-state index contributed by atoms with van der Waals surface area (Å²) >= 11 is 4.66. The standard InChI is InChI=1S/C20H20BrN3O3S/c1-13(2)16-10-14(21)8-9-17(16)22-18(25)12-28-20-24-23-19(27-20)11-26-15-6-4-3-5-7-15/h3-10,13H,11-12H2,1-2H3,(H,22,25). The average molecular weight is 462 g/mol. The first-order chi connectivity index (χ1) is 13.5. The quantitative estimate of drug-likeness (QED) is 0.460. The third-order valence-electron chi connectivity index (χ3n) is 3.79. The van der Waals surface area contributed by atoms with Crippen LogP contribution in [0.2, 0.25) is 0 Å². The number of benzene rings is 2. The number of hydrogen-bond donors (Lipinski definition) is 1. The van der Waals surface area contributed by atoms with Crippen LogP contribution < -0.4 is 10.1 Å². The van der Waals surface area contributed by atoms with Crippen molar-refractivity contribution in [1.29, 1.82) is 0 Å². The molecule has 0 unspecified atom stereocenters. The van der Waals surface area contributed by atoms with Gasteiger partial charge in [0.1, 0.15) is 5.75 Å². The van der Waals surface area contributed by atoms with Crippen LogP contribution in [0.15, 0.2) is 62.6 Å². The Morgan fingerprint density at radius 1 is 1.21 bits per heavy atom. The van der Waals surface area contributed by atoms with Crippen molar-refractivity contribution in [2.75, 3.05) is 11.1 Å². The Kier molecular flexibility index (Phi) is 7.11. The summed E-state index contributed by atoms with van der Waals surface area (Å²) in [5, 5.41) is 11.2. The number of amides is 1. The van der Waals surface area contributed by atoms with Crippen molar-refractivity contribution in [3.05, 3.63) is 64.5 Å². The van der Waals surface area contributed by atoms with E-state index in [1.807, 2.05) is 48.5 Å². The molecule has 3 aromatic rings. The van der Waals surface area contributed by atoms with E-state index in [-0.39, 0.29) is 18.3 Å². The molecule has 28 heavy (non-hydrogen) atoms. The third kappa shape index (κ3) is 5.84. The molecule has 0 aliphatic heterocycles. The highest BCUT2D eigenvalue weighted by Crippen LogP contribution is 2.28. The number of carbonyl (C=O) groups is 1. The summed E-state index contributed by atoms with van der Waals surface area (Å²) in [6.07, 6.45) is 0. The highest BCUT2D eigenvalue weighted by molar-refractivity contribution is 9.10. The van der Waals surface area contributed by atoms with Gasteiger partial charge in [-0.2, -0.15) is 0 Å². The predicted molar refractivity (Wildman–Crippen MR) is 113 cm³/mol. The lowest BCUT2D eigenvalue weighted by atomic mass is 10.0. The molecule has 0 fully saturated rings. The van der Waals surface area contributed by atoms with E-state index >= 15 is 0 Å². The fourth-order valence-corrected chi connectivity index (χ4v) is 3.41. The topological polar surface area (TPSA) is 77.2 Å². The minimum atomic E-state index is -0.130. The molecule has 146 valence electrons. The number of ether oxygens (including phenoxy) is 1. The van der Waals surface area contributed by atoms with Crippen molar-refractivity contribution in [3.63, 3.8) is 0 Å². The molecule has 1 aromatic heterocycles. The number of halogens is 1. The van der Waals surface area contributed by atoms with Gasteiger partial charge >= 0.3 is 0 Å². The lowest BCUT2D eigenvalue weighted by molar-refractivity contribution is -0.113. The van der Waals surface area contributed by atoms with Crippen molar-refractivity contribution in [3.8, 4) is 5.75 Å². The molecule has 6 nitrogen and oxygen atoms in total. The maximum Gasteiger partial charge on any atom is 0.277 e. The summed E-state index contributed by atoms with van der Waals surface area (Å²) in [7, 11) is 0. The largest absolute Gasteiger partial charge is 0.484 e. The summed E-state index contributed by atoms with van der Waals surface area (Å²) in [5.74, 6) is 1.43. The second-order valence-corrected chi connectivity index (χ2v) is 8.13. The Hall–Kier alpha value is -2.32. The first-order valence-corrected chi connectivity index (χ1v) is 10.5. The molecule has 0 radical (unpaired) electrons. The summed E-state index contributed by atoms with van der Waals surface area (Å²) in [6.45, 7) is 4.35. The second kappa shape index (κ2) is 9.75. The monoisotopic (exact) mass is 461 g/mol. The van der Waals surface area contributed by atoms with Gasteiger partial charge in [0.15, 0.2) is 6.61 Å². The maximum atomic E-state index is 12.3. The fraction of sp³-hybridized carbons (Fsp3) is 0.250. The van der Waals surface area contributed by atoms with E-state index in [2.05, 4.69) is 45.3 Å². The van der Waals surface area contributed by atoms with Crippen LogP contribution in [0.4, 0.5) is 5.69 Å². The number of anilines is 1. The van der Waals surface area contributed by atoms with E-state index in [0.29, 0.717) is 17.0 Å². The van der Waals surface area contributed by atoms with Crippen molar-refractivity contribution in [1.82, 2.24) is 10.2 Å². The van der Waals surface area contributed by atoms with E-state index < -0.39 is 0 Å². The minimum absolute atomic E-state index is 0.130. The number of hydrogen-bond acceptors (Lipinski definition) is 6. The van der Waals surface area contributed by atoms with Crippen molar-refractivity contribution < 1.29 is 13.9 Å². The van der Waals surface area contributed by atoms with E-state index in [9.17, 15) is 4.79 Å². The Morgan fingerprint density at radius 3 is 2.75 bits per heavy atom. The van der Waals surface area contributed by atoms with Gasteiger partial charge in [0.05, 0.1) is 5.75 Å². The molecule has 2 aromatic carbocycles. The zero-order chi connectivity index (χ0) is 19.9. The van der Waals surface area contributed by atoms with Gasteiger partial charge in [-0.15, -0.1) is 10.2 Å². The summed E-state index contributed by atoms with van der Waals surface area (Å²) < 4.78 is 12.1. The van der Waals surface area contributed by atoms with Crippen LogP contribution >= 0.6 is 27.7 Å². The van der Waals surface area contributed by atoms with Gasteiger partial charge < -0.3 is 14.5 Å². The Bertz CT molecular complexity index is 931. The fourth-order valence-electron chi connectivity index (χ4n) is 2.46. The minimum Gasteiger partial charge on any atom is -0.484 e. The van der Waals surface area contributed by atoms with Crippen LogP contribution in [0.25, 0.3) is 0 Å². The third-order valence-corrected chi connectivity index (χ3v) is 5.10. The van der Waals surface area contributed by atoms with Gasteiger partial charge in [-0.25, -0.2) is 0 Å². The summed E-state index contributed by atoms with van der Waals surface area (Å²) in [4.78, 5) is 12.3. The highest BCUT2D eigenvalue weighted by atomic mass is 79.9. The number of aromatic nitrogens is 2. The normalized spacial score (nSPS) is 10.9. The van der Waals surface area contributed by atoms with Gasteiger partial charge in [-0.3, -0.25) is 4.79 Å². The van der Waals surface area contributed by atoms with E-state index in [0.717, 1.165) is 21.5 Å². The van der Waals surface area contributed by atoms with Crippen LogP contribution in [0.5, 0.6) is 5.75 Å². The lowest BCUT2D eigenvalue weighted by Crippen LogP contribution is -2.15. The molecule has 1 heterocycles. The van der Waals surface area contributed by atoms with Crippen molar-refractivity contribution >= 4 is 39.3 Å². The molecular weight excluding hydrogens is 442 g/mol. The number of nitrogens with zero attached hydrogens (tertiary/aromatic N) is 2. The number of para-hydroxylation sites is 1. The van der Waals surface area contributed by atoms with E-state index in [1.54, 1.807) is 0 Å². The average Bonchev–Trinajstić information content (AvgIpc) is 3.15. The van der Waals surface area contributed by atoms with Gasteiger partial charge in [0.2, 0.25) is 5.91 Å². The molecular formula is C20H20BrN3O3S. The predicted octanol–water partition coefficient (Wildman–Crippen LogP) is 5.27. The first kappa shape index (κ1) is 20.4. The number of rotatable bonds is 8. The summed E-state index contributed by atoms with van der Waals surface area (Å²) in [5.41, 5.74) is 1.89. The Labute approximate surface area is 176 Å².